The summed E-state index contributed by atoms with van der Waals surface area (Å²) in [5, 5.41) is 14.4. The number of amides is 1. The van der Waals surface area contributed by atoms with Gasteiger partial charge in [-0.2, -0.15) is 5.10 Å². The van der Waals surface area contributed by atoms with E-state index in [1.807, 2.05) is 0 Å². The fraction of sp³-hybridized carbons (Fsp3) is 0. The molecule has 21 heavy (non-hydrogen) atoms. The summed E-state index contributed by atoms with van der Waals surface area (Å²) in [6.45, 7) is 0. The van der Waals surface area contributed by atoms with Crippen LogP contribution in [0.3, 0.4) is 0 Å². The van der Waals surface area contributed by atoms with Gasteiger partial charge in [-0.25, -0.2) is 5.43 Å². The highest BCUT2D eigenvalue weighted by Gasteiger charge is 2.07. The molecule has 2 aromatic rings. The zero-order valence-corrected chi connectivity index (χ0v) is 10.9. The van der Waals surface area contributed by atoms with Crippen molar-refractivity contribution < 1.29 is 9.72 Å². The molecule has 0 aromatic heterocycles. The summed E-state index contributed by atoms with van der Waals surface area (Å²) >= 11 is 0. The molecule has 0 aliphatic carbocycles. The highest BCUT2D eigenvalue weighted by Crippen LogP contribution is 2.12. The van der Waals surface area contributed by atoms with Crippen LogP contribution in [0, 0.1) is 10.1 Å². The molecule has 0 saturated heterocycles. The summed E-state index contributed by atoms with van der Waals surface area (Å²) in [6.07, 6.45) is 1.32. The molecule has 2 aromatic carbocycles. The van der Waals surface area contributed by atoms with Gasteiger partial charge in [0.15, 0.2) is 0 Å². The van der Waals surface area contributed by atoms with E-state index in [1.165, 1.54) is 24.4 Å². The Morgan fingerprint density at radius 2 is 2.00 bits per heavy atom. The number of nitro groups is 1. The number of anilines is 1. The summed E-state index contributed by atoms with van der Waals surface area (Å²) in [4.78, 5) is 22.0. The second kappa shape index (κ2) is 6.29. The van der Waals surface area contributed by atoms with Crippen molar-refractivity contribution in [3.05, 3.63) is 69.8 Å². The van der Waals surface area contributed by atoms with Crippen molar-refractivity contribution in [2.75, 3.05) is 5.73 Å². The third-order valence-electron chi connectivity index (χ3n) is 2.67. The van der Waals surface area contributed by atoms with Crippen LogP contribution in [-0.4, -0.2) is 17.0 Å². The van der Waals surface area contributed by atoms with Crippen molar-refractivity contribution in [2.45, 2.75) is 0 Å². The molecule has 0 aliphatic rings. The van der Waals surface area contributed by atoms with E-state index in [0.29, 0.717) is 16.8 Å². The first kappa shape index (κ1) is 14.2. The van der Waals surface area contributed by atoms with Gasteiger partial charge >= 0.3 is 0 Å². The number of nitro benzene ring substituents is 1. The van der Waals surface area contributed by atoms with Crippen LogP contribution in [0.1, 0.15) is 15.9 Å². The van der Waals surface area contributed by atoms with Gasteiger partial charge in [-0.15, -0.1) is 0 Å². The Morgan fingerprint density at radius 1 is 1.24 bits per heavy atom. The monoisotopic (exact) mass is 284 g/mol. The van der Waals surface area contributed by atoms with Crippen molar-refractivity contribution in [2.24, 2.45) is 5.10 Å². The van der Waals surface area contributed by atoms with Crippen LogP contribution in [0.25, 0.3) is 0 Å². The lowest BCUT2D eigenvalue weighted by Gasteiger charge is -2.02. The number of rotatable bonds is 4. The molecular weight excluding hydrogens is 272 g/mol. The van der Waals surface area contributed by atoms with Gasteiger partial charge in [0.1, 0.15) is 0 Å². The number of nitrogens with one attached hydrogen (secondary N) is 1. The maximum atomic E-state index is 11.8. The van der Waals surface area contributed by atoms with Gasteiger partial charge in [-0.05, 0) is 12.1 Å². The number of non-ortho nitro benzene ring substituents is 1. The van der Waals surface area contributed by atoms with E-state index in [1.54, 1.807) is 30.3 Å². The average Bonchev–Trinajstić information content (AvgIpc) is 2.48. The van der Waals surface area contributed by atoms with Crippen molar-refractivity contribution in [3.8, 4) is 0 Å². The molecule has 0 unspecified atom stereocenters. The lowest BCUT2D eigenvalue weighted by Crippen LogP contribution is -2.18. The number of carbonyl (C=O) groups is 1. The minimum atomic E-state index is -0.499. The Labute approximate surface area is 120 Å². The number of carbonyl (C=O) groups excluding carboxylic acids is 1. The van der Waals surface area contributed by atoms with Crippen LogP contribution in [0.5, 0.6) is 0 Å². The van der Waals surface area contributed by atoms with E-state index in [9.17, 15) is 14.9 Å². The molecule has 106 valence electrons. The van der Waals surface area contributed by atoms with Gasteiger partial charge in [-0.3, -0.25) is 14.9 Å². The van der Waals surface area contributed by atoms with Gasteiger partial charge in [0, 0.05) is 23.4 Å². The third kappa shape index (κ3) is 3.63. The molecular formula is C14H12N4O3. The first-order valence-electron chi connectivity index (χ1n) is 6.00. The molecule has 0 radical (unpaired) electrons. The number of hydrogen-bond acceptors (Lipinski definition) is 5. The highest BCUT2D eigenvalue weighted by molar-refractivity contribution is 5.99. The summed E-state index contributed by atoms with van der Waals surface area (Å²) in [5.41, 5.74) is 9.11. The van der Waals surface area contributed by atoms with E-state index in [-0.39, 0.29) is 5.69 Å². The lowest BCUT2D eigenvalue weighted by atomic mass is 10.2. The minimum absolute atomic E-state index is 0.0439. The summed E-state index contributed by atoms with van der Waals surface area (Å²) in [7, 11) is 0. The zero-order valence-electron chi connectivity index (χ0n) is 10.9. The van der Waals surface area contributed by atoms with E-state index >= 15 is 0 Å². The molecule has 0 bridgehead atoms. The Balaban J connectivity index is 2.06. The number of benzene rings is 2. The first-order chi connectivity index (χ1) is 10.1. The number of hydrogen-bond donors (Lipinski definition) is 2. The van der Waals surface area contributed by atoms with Crippen LogP contribution >= 0.6 is 0 Å². The average molecular weight is 284 g/mol. The Bertz CT molecular complexity index is 713. The van der Waals surface area contributed by atoms with E-state index < -0.39 is 10.8 Å². The molecule has 1 amide bonds. The Kier molecular flexibility index (Phi) is 4.25. The number of nitrogens with two attached hydrogens (primary N) is 1. The standard InChI is InChI=1S/C14H12N4O3/c15-13-7-2-1-6-12(13)14(19)17-16-9-10-4-3-5-11(8-10)18(20)21/h1-9H,15H2,(H,17,19). The molecule has 7 nitrogen and oxygen atoms in total. The van der Waals surface area contributed by atoms with Gasteiger partial charge in [0.25, 0.3) is 11.6 Å². The quantitative estimate of drug-likeness (QED) is 0.387. The van der Waals surface area contributed by atoms with E-state index in [0.717, 1.165) is 0 Å². The molecule has 0 fully saturated rings. The summed E-state index contributed by atoms with van der Waals surface area (Å²) < 4.78 is 0. The lowest BCUT2D eigenvalue weighted by molar-refractivity contribution is -0.384. The van der Waals surface area contributed by atoms with Crippen molar-refractivity contribution in [1.82, 2.24) is 5.43 Å². The fourth-order valence-electron chi connectivity index (χ4n) is 1.65. The van der Waals surface area contributed by atoms with E-state index in [4.69, 9.17) is 5.73 Å². The van der Waals surface area contributed by atoms with Crippen LogP contribution in [0.4, 0.5) is 11.4 Å². The van der Waals surface area contributed by atoms with Gasteiger partial charge < -0.3 is 5.73 Å². The van der Waals surface area contributed by atoms with Crippen LogP contribution in [0.15, 0.2) is 53.6 Å². The predicted octanol–water partition coefficient (Wildman–Crippen LogP) is 1.94. The predicted molar refractivity (Wildman–Crippen MR) is 79.0 cm³/mol. The molecule has 0 heterocycles. The second-order valence-corrected chi connectivity index (χ2v) is 4.14. The number of para-hydroxylation sites is 1. The molecule has 0 atom stereocenters. The third-order valence-corrected chi connectivity index (χ3v) is 2.67. The molecule has 3 N–H and O–H groups in total. The molecule has 2 rings (SSSR count). The smallest absolute Gasteiger partial charge is 0.273 e. The van der Waals surface area contributed by atoms with E-state index in [2.05, 4.69) is 10.5 Å². The normalized spacial score (nSPS) is 10.5. The van der Waals surface area contributed by atoms with Crippen molar-refractivity contribution in [3.63, 3.8) is 0 Å². The molecule has 0 saturated carbocycles. The molecule has 0 spiro atoms. The van der Waals surface area contributed by atoms with Gasteiger partial charge in [0.2, 0.25) is 0 Å². The summed E-state index contributed by atoms with van der Waals surface area (Å²) in [6, 6.07) is 12.5. The maximum absolute atomic E-state index is 11.8. The Hall–Kier alpha value is -3.22. The zero-order chi connectivity index (χ0) is 15.2. The summed E-state index contributed by atoms with van der Waals surface area (Å²) in [5.74, 6) is -0.449. The number of nitrogen functional groups attached to an aromatic ring is 1. The maximum Gasteiger partial charge on any atom is 0.273 e. The second-order valence-electron chi connectivity index (χ2n) is 4.14. The van der Waals surface area contributed by atoms with Gasteiger partial charge in [0.05, 0.1) is 16.7 Å². The van der Waals surface area contributed by atoms with Crippen LogP contribution in [-0.2, 0) is 0 Å². The molecule has 7 heteroatoms. The first-order valence-corrected chi connectivity index (χ1v) is 6.00. The fourth-order valence-corrected chi connectivity index (χ4v) is 1.65. The van der Waals surface area contributed by atoms with Crippen LogP contribution < -0.4 is 11.2 Å². The minimum Gasteiger partial charge on any atom is -0.398 e. The van der Waals surface area contributed by atoms with Crippen LogP contribution in [0.2, 0.25) is 0 Å². The number of nitrogens with zero attached hydrogens (tertiary/aromatic N) is 2. The number of hydrazone groups is 1. The SMILES string of the molecule is Nc1ccccc1C(=O)NN=Cc1cccc([N+](=O)[O-])c1. The van der Waals surface area contributed by atoms with Gasteiger partial charge in [-0.1, -0.05) is 24.3 Å². The van der Waals surface area contributed by atoms with Crippen molar-refractivity contribution in [1.29, 1.82) is 0 Å². The molecule has 0 aliphatic heterocycles. The largest absolute Gasteiger partial charge is 0.398 e. The van der Waals surface area contributed by atoms with Crippen molar-refractivity contribution >= 4 is 23.5 Å². The Morgan fingerprint density at radius 3 is 2.71 bits per heavy atom. The topological polar surface area (TPSA) is 111 Å². The highest BCUT2D eigenvalue weighted by atomic mass is 16.6.